The lowest BCUT2D eigenvalue weighted by atomic mass is 10.2. The number of amides is 1. The van der Waals surface area contributed by atoms with Gasteiger partial charge in [0.1, 0.15) is 24.2 Å². The quantitative estimate of drug-likeness (QED) is 0.904. The molecule has 1 saturated carbocycles. The third kappa shape index (κ3) is 2.80. The Kier molecular flexibility index (Phi) is 3.81. The van der Waals surface area contributed by atoms with Crippen LogP contribution in [0.5, 0.6) is 0 Å². The van der Waals surface area contributed by atoms with Crippen molar-refractivity contribution < 1.29 is 4.79 Å². The van der Waals surface area contributed by atoms with Gasteiger partial charge in [-0.15, -0.1) is 0 Å². The standard InChI is InChI=1S/C17H20N6O/c18-6-3-15(24)22-8-5-13(10-22)23(9-12-1-2-12)17-14-4-7-19-16(14)20-11-21-17/h4,7,11-13H,1-3,5,8-10H2,(H,19,20,21)/t13-/m1/s1. The van der Waals surface area contributed by atoms with E-state index in [0.717, 1.165) is 35.7 Å². The van der Waals surface area contributed by atoms with Crippen molar-refractivity contribution in [3.8, 4) is 6.07 Å². The fourth-order valence-corrected chi connectivity index (χ4v) is 3.48. The molecular formula is C17H20N6O. The minimum Gasteiger partial charge on any atom is -0.351 e. The Bertz CT molecular complexity index is 790. The predicted octanol–water partition coefficient (Wildman–Crippen LogP) is 1.69. The third-order valence-corrected chi connectivity index (χ3v) is 4.94. The molecule has 0 bridgehead atoms. The SMILES string of the molecule is N#CCC(=O)N1CC[C@@H](N(CC2CC2)c2ncnc3[nH]ccc23)C1. The fourth-order valence-electron chi connectivity index (χ4n) is 3.48. The Morgan fingerprint density at radius 3 is 3.08 bits per heavy atom. The number of carbonyl (C=O) groups is 1. The molecule has 2 aromatic rings. The molecule has 1 saturated heterocycles. The Labute approximate surface area is 140 Å². The molecule has 0 spiro atoms. The number of aromatic nitrogens is 3. The van der Waals surface area contributed by atoms with Crippen LogP contribution in [0.2, 0.25) is 0 Å². The maximum absolute atomic E-state index is 12.0. The molecule has 1 aliphatic heterocycles. The van der Waals surface area contributed by atoms with E-state index < -0.39 is 0 Å². The van der Waals surface area contributed by atoms with Gasteiger partial charge in [-0.2, -0.15) is 5.26 Å². The minimum absolute atomic E-state index is 0.0368. The summed E-state index contributed by atoms with van der Waals surface area (Å²) < 4.78 is 0. The molecule has 24 heavy (non-hydrogen) atoms. The normalized spacial score (nSPS) is 20.3. The van der Waals surface area contributed by atoms with Crippen LogP contribution < -0.4 is 4.90 Å². The van der Waals surface area contributed by atoms with E-state index in [1.54, 1.807) is 6.33 Å². The average molecular weight is 324 g/mol. The lowest BCUT2D eigenvalue weighted by Crippen LogP contribution is -2.40. The zero-order chi connectivity index (χ0) is 16.5. The Balaban J connectivity index is 1.60. The van der Waals surface area contributed by atoms with Crippen molar-refractivity contribution in [2.75, 3.05) is 24.5 Å². The lowest BCUT2D eigenvalue weighted by molar-refractivity contribution is -0.129. The van der Waals surface area contributed by atoms with Crippen LogP contribution in [0.1, 0.15) is 25.7 Å². The fraction of sp³-hybridized carbons (Fsp3) is 0.529. The van der Waals surface area contributed by atoms with E-state index >= 15 is 0 Å². The van der Waals surface area contributed by atoms with Gasteiger partial charge in [0.15, 0.2) is 0 Å². The first-order chi connectivity index (χ1) is 11.8. The Morgan fingerprint density at radius 2 is 2.29 bits per heavy atom. The van der Waals surface area contributed by atoms with Crippen molar-refractivity contribution in [2.45, 2.75) is 31.7 Å². The molecule has 2 fully saturated rings. The van der Waals surface area contributed by atoms with E-state index in [1.165, 1.54) is 12.8 Å². The van der Waals surface area contributed by atoms with E-state index in [4.69, 9.17) is 5.26 Å². The number of anilines is 1. The zero-order valence-electron chi connectivity index (χ0n) is 13.5. The van der Waals surface area contributed by atoms with Gasteiger partial charge in [-0.3, -0.25) is 4.79 Å². The first kappa shape index (κ1) is 14.9. The molecule has 4 rings (SSSR count). The number of rotatable bonds is 5. The maximum Gasteiger partial charge on any atom is 0.236 e. The summed E-state index contributed by atoms with van der Waals surface area (Å²) in [4.78, 5) is 28.1. The second-order valence-corrected chi connectivity index (χ2v) is 6.65. The van der Waals surface area contributed by atoms with Crippen molar-refractivity contribution in [2.24, 2.45) is 5.92 Å². The van der Waals surface area contributed by atoms with E-state index in [-0.39, 0.29) is 18.4 Å². The summed E-state index contributed by atoms with van der Waals surface area (Å²) in [6.45, 7) is 2.36. The van der Waals surface area contributed by atoms with Gasteiger partial charge in [0.25, 0.3) is 0 Å². The molecule has 124 valence electrons. The van der Waals surface area contributed by atoms with Crippen LogP contribution in [0, 0.1) is 17.2 Å². The third-order valence-electron chi connectivity index (χ3n) is 4.94. The predicted molar refractivity (Wildman–Crippen MR) is 89.2 cm³/mol. The van der Waals surface area contributed by atoms with Crippen molar-refractivity contribution in [3.05, 3.63) is 18.6 Å². The van der Waals surface area contributed by atoms with Gasteiger partial charge in [0.05, 0.1) is 11.5 Å². The van der Waals surface area contributed by atoms with Crippen LogP contribution in [0.15, 0.2) is 18.6 Å². The largest absolute Gasteiger partial charge is 0.351 e. The second-order valence-electron chi connectivity index (χ2n) is 6.65. The van der Waals surface area contributed by atoms with Crippen molar-refractivity contribution in [1.82, 2.24) is 19.9 Å². The lowest BCUT2D eigenvalue weighted by Gasteiger charge is -2.30. The van der Waals surface area contributed by atoms with E-state index in [2.05, 4.69) is 19.9 Å². The summed E-state index contributed by atoms with van der Waals surface area (Å²) in [5.41, 5.74) is 0.844. The van der Waals surface area contributed by atoms with E-state index in [9.17, 15) is 4.79 Å². The average Bonchev–Trinajstić information content (AvgIpc) is 3.09. The number of likely N-dealkylation sites (tertiary alicyclic amines) is 1. The topological polar surface area (TPSA) is 88.9 Å². The number of hydrogen-bond donors (Lipinski definition) is 1. The highest BCUT2D eigenvalue weighted by molar-refractivity contribution is 5.87. The Hall–Kier alpha value is -2.62. The molecule has 1 aliphatic carbocycles. The van der Waals surface area contributed by atoms with Crippen LogP contribution in [0.25, 0.3) is 11.0 Å². The zero-order valence-corrected chi connectivity index (χ0v) is 13.5. The number of nitriles is 1. The van der Waals surface area contributed by atoms with Gasteiger partial charge in [0, 0.05) is 31.9 Å². The number of fused-ring (bicyclic) bond motifs is 1. The van der Waals surface area contributed by atoms with Crippen LogP contribution in [0.3, 0.4) is 0 Å². The van der Waals surface area contributed by atoms with Gasteiger partial charge in [-0.05, 0) is 31.2 Å². The van der Waals surface area contributed by atoms with Crippen molar-refractivity contribution in [3.63, 3.8) is 0 Å². The van der Waals surface area contributed by atoms with Gasteiger partial charge in [-0.25, -0.2) is 9.97 Å². The summed E-state index contributed by atoms with van der Waals surface area (Å²) in [6.07, 6.45) is 6.89. The highest BCUT2D eigenvalue weighted by atomic mass is 16.2. The summed E-state index contributed by atoms with van der Waals surface area (Å²) >= 11 is 0. The number of nitrogens with one attached hydrogen (secondary N) is 1. The summed E-state index contributed by atoms with van der Waals surface area (Å²) in [5.74, 6) is 1.60. The molecule has 1 amide bonds. The number of carbonyl (C=O) groups excluding carboxylic acids is 1. The molecule has 1 atom stereocenters. The summed E-state index contributed by atoms with van der Waals surface area (Å²) in [5, 5.41) is 9.77. The Morgan fingerprint density at radius 1 is 1.42 bits per heavy atom. The van der Waals surface area contributed by atoms with Gasteiger partial charge < -0.3 is 14.8 Å². The van der Waals surface area contributed by atoms with E-state index in [0.29, 0.717) is 13.1 Å². The highest BCUT2D eigenvalue weighted by Crippen LogP contribution is 2.35. The first-order valence-electron chi connectivity index (χ1n) is 8.45. The molecule has 0 aromatic carbocycles. The first-order valence-corrected chi connectivity index (χ1v) is 8.45. The number of aromatic amines is 1. The van der Waals surface area contributed by atoms with Gasteiger partial charge in [-0.1, -0.05) is 0 Å². The molecule has 0 unspecified atom stereocenters. The van der Waals surface area contributed by atoms with Gasteiger partial charge in [0.2, 0.25) is 5.91 Å². The minimum atomic E-state index is -0.0687. The van der Waals surface area contributed by atoms with Crippen LogP contribution in [0.4, 0.5) is 5.82 Å². The molecule has 2 aliphatic rings. The van der Waals surface area contributed by atoms with Crippen molar-refractivity contribution >= 4 is 22.8 Å². The molecule has 7 nitrogen and oxygen atoms in total. The molecule has 1 N–H and O–H groups in total. The maximum atomic E-state index is 12.0. The van der Waals surface area contributed by atoms with Crippen molar-refractivity contribution in [1.29, 1.82) is 5.26 Å². The van der Waals surface area contributed by atoms with Gasteiger partial charge >= 0.3 is 0 Å². The molecule has 2 aromatic heterocycles. The summed E-state index contributed by atoms with van der Waals surface area (Å²) in [6, 6.07) is 4.22. The smallest absolute Gasteiger partial charge is 0.236 e. The summed E-state index contributed by atoms with van der Waals surface area (Å²) in [7, 11) is 0. The highest BCUT2D eigenvalue weighted by Gasteiger charge is 2.35. The molecular weight excluding hydrogens is 304 g/mol. The monoisotopic (exact) mass is 324 g/mol. The van der Waals surface area contributed by atoms with Crippen LogP contribution >= 0.6 is 0 Å². The van der Waals surface area contributed by atoms with Crippen LogP contribution in [-0.2, 0) is 4.79 Å². The molecule has 7 heteroatoms. The number of hydrogen-bond acceptors (Lipinski definition) is 5. The van der Waals surface area contributed by atoms with E-state index in [1.807, 2.05) is 23.2 Å². The second kappa shape index (κ2) is 6.11. The molecule has 3 heterocycles. The molecule has 0 radical (unpaired) electrons. The number of H-pyrrole nitrogens is 1. The van der Waals surface area contributed by atoms with Crippen LogP contribution in [-0.4, -0.2) is 51.4 Å². The number of nitrogens with zero attached hydrogens (tertiary/aromatic N) is 5.